The van der Waals surface area contributed by atoms with Crippen molar-refractivity contribution in [3.8, 4) is 0 Å². The van der Waals surface area contributed by atoms with Crippen LogP contribution < -0.4 is 0 Å². The van der Waals surface area contributed by atoms with Crippen molar-refractivity contribution in [1.82, 2.24) is 19.8 Å². The first kappa shape index (κ1) is 23.4. The maximum absolute atomic E-state index is 13.1. The number of carbonyl (C=O) groups excluding carboxylic acids is 2. The van der Waals surface area contributed by atoms with Crippen molar-refractivity contribution >= 4 is 11.8 Å². The van der Waals surface area contributed by atoms with E-state index in [2.05, 4.69) is 34.2 Å². The van der Waals surface area contributed by atoms with Crippen molar-refractivity contribution in [2.75, 3.05) is 32.8 Å². The Morgan fingerprint density at radius 1 is 1.09 bits per heavy atom. The highest BCUT2D eigenvalue weighted by Gasteiger charge is 2.27. The van der Waals surface area contributed by atoms with Crippen LogP contribution in [0.4, 0.5) is 0 Å². The Labute approximate surface area is 196 Å². The third-order valence-electron chi connectivity index (χ3n) is 6.67. The lowest BCUT2D eigenvalue weighted by atomic mass is 9.90. The minimum atomic E-state index is -0.188. The van der Waals surface area contributed by atoms with E-state index in [0.717, 1.165) is 57.5 Å². The summed E-state index contributed by atoms with van der Waals surface area (Å²) in [5, 5.41) is 0. The predicted molar refractivity (Wildman–Crippen MR) is 126 cm³/mol. The molecule has 3 heterocycles. The summed E-state index contributed by atoms with van der Waals surface area (Å²) in [6, 6.07) is 10.6. The molecule has 0 saturated carbocycles. The number of aryl methyl sites for hydroxylation is 1. The second-order valence-corrected chi connectivity index (χ2v) is 9.19. The number of nitrogens with zero attached hydrogens (tertiary/aromatic N) is 4. The molecule has 0 bridgehead atoms. The summed E-state index contributed by atoms with van der Waals surface area (Å²) in [4.78, 5) is 38.2. The number of aromatic nitrogens is 2. The standard InChI is InChI=1S/C26H34N4O3/c1-20-17-28-24(18-27-20)26(32)30(19-23-8-5-15-33-23)14-11-25(31)29-12-9-22(10-13-29)16-21-6-3-2-4-7-21/h2-4,6-7,17-18,22-23H,5,8-16,19H2,1H3. The number of carbonyl (C=O) groups is 2. The molecule has 2 aliphatic heterocycles. The Bertz CT molecular complexity index is 905. The van der Waals surface area contributed by atoms with Gasteiger partial charge in [-0.2, -0.15) is 0 Å². The molecule has 2 saturated heterocycles. The monoisotopic (exact) mass is 450 g/mol. The minimum Gasteiger partial charge on any atom is -0.376 e. The number of hydrogen-bond donors (Lipinski definition) is 0. The Balaban J connectivity index is 1.29. The van der Waals surface area contributed by atoms with E-state index in [1.165, 1.54) is 11.8 Å². The van der Waals surface area contributed by atoms with E-state index in [-0.39, 0.29) is 17.9 Å². The molecule has 0 radical (unpaired) electrons. The predicted octanol–water partition coefficient (Wildman–Crippen LogP) is 3.28. The highest BCUT2D eigenvalue weighted by molar-refractivity contribution is 5.92. The average Bonchev–Trinajstić information content (AvgIpc) is 3.36. The van der Waals surface area contributed by atoms with E-state index in [0.29, 0.717) is 31.1 Å². The molecule has 176 valence electrons. The summed E-state index contributed by atoms with van der Waals surface area (Å²) >= 11 is 0. The van der Waals surface area contributed by atoms with Gasteiger partial charge in [-0.25, -0.2) is 4.98 Å². The van der Waals surface area contributed by atoms with Gasteiger partial charge in [0, 0.05) is 45.4 Å². The number of piperidine rings is 1. The number of likely N-dealkylation sites (tertiary alicyclic amines) is 1. The zero-order chi connectivity index (χ0) is 23.0. The van der Waals surface area contributed by atoms with Crippen molar-refractivity contribution < 1.29 is 14.3 Å². The fourth-order valence-electron chi connectivity index (χ4n) is 4.70. The van der Waals surface area contributed by atoms with E-state index in [1.54, 1.807) is 11.1 Å². The van der Waals surface area contributed by atoms with Gasteiger partial charge in [-0.1, -0.05) is 30.3 Å². The summed E-state index contributed by atoms with van der Waals surface area (Å²) in [5.41, 5.74) is 2.45. The highest BCUT2D eigenvalue weighted by Crippen LogP contribution is 2.22. The number of hydrogen-bond acceptors (Lipinski definition) is 5. The van der Waals surface area contributed by atoms with Crippen LogP contribution in [0, 0.1) is 12.8 Å². The normalized spacial score (nSPS) is 18.9. The summed E-state index contributed by atoms with van der Waals surface area (Å²) in [6.07, 6.45) is 8.53. The number of rotatable bonds is 8. The molecule has 1 aromatic heterocycles. The summed E-state index contributed by atoms with van der Waals surface area (Å²) in [6.45, 7) is 5.01. The van der Waals surface area contributed by atoms with Crippen molar-refractivity contribution in [1.29, 1.82) is 0 Å². The first-order valence-corrected chi connectivity index (χ1v) is 12.1. The Hall–Kier alpha value is -2.80. The summed E-state index contributed by atoms with van der Waals surface area (Å²) < 4.78 is 5.75. The third kappa shape index (κ3) is 6.60. The number of ether oxygens (including phenoxy) is 1. The van der Waals surface area contributed by atoms with Crippen LogP contribution >= 0.6 is 0 Å². The van der Waals surface area contributed by atoms with Crippen LogP contribution in [0.3, 0.4) is 0 Å². The summed E-state index contributed by atoms with van der Waals surface area (Å²) in [5.74, 6) is 0.551. The lowest BCUT2D eigenvalue weighted by molar-refractivity contribution is -0.132. The lowest BCUT2D eigenvalue weighted by Crippen LogP contribution is -2.43. The molecule has 33 heavy (non-hydrogen) atoms. The van der Waals surface area contributed by atoms with E-state index >= 15 is 0 Å². The van der Waals surface area contributed by atoms with Gasteiger partial charge in [-0.3, -0.25) is 14.6 Å². The average molecular weight is 451 g/mol. The van der Waals surface area contributed by atoms with Gasteiger partial charge in [0.15, 0.2) is 0 Å². The van der Waals surface area contributed by atoms with Gasteiger partial charge in [-0.05, 0) is 50.5 Å². The molecule has 1 atom stereocenters. The fraction of sp³-hybridized carbons (Fsp3) is 0.538. The van der Waals surface area contributed by atoms with E-state index in [1.807, 2.05) is 17.9 Å². The molecule has 2 fully saturated rings. The lowest BCUT2D eigenvalue weighted by Gasteiger charge is -2.33. The Kier molecular flexibility index (Phi) is 8.05. The zero-order valence-corrected chi connectivity index (χ0v) is 19.5. The molecule has 1 aromatic carbocycles. The van der Waals surface area contributed by atoms with Crippen LogP contribution in [0.1, 0.15) is 53.8 Å². The molecule has 2 aromatic rings. The first-order valence-electron chi connectivity index (χ1n) is 12.1. The largest absolute Gasteiger partial charge is 0.376 e. The first-order chi connectivity index (χ1) is 16.1. The number of benzene rings is 1. The topological polar surface area (TPSA) is 75.6 Å². The third-order valence-corrected chi connectivity index (χ3v) is 6.67. The quantitative estimate of drug-likeness (QED) is 0.617. The Morgan fingerprint density at radius 3 is 2.55 bits per heavy atom. The van der Waals surface area contributed by atoms with Crippen LogP contribution in [0.2, 0.25) is 0 Å². The molecule has 0 spiro atoms. The van der Waals surface area contributed by atoms with E-state index < -0.39 is 0 Å². The molecule has 7 heteroatoms. The van der Waals surface area contributed by atoms with Crippen molar-refractivity contribution in [3.63, 3.8) is 0 Å². The molecule has 0 aliphatic carbocycles. The molecule has 7 nitrogen and oxygen atoms in total. The van der Waals surface area contributed by atoms with Crippen molar-refractivity contribution in [3.05, 3.63) is 59.7 Å². The van der Waals surface area contributed by atoms with Gasteiger partial charge in [0.05, 0.1) is 18.0 Å². The maximum atomic E-state index is 13.1. The van der Waals surface area contributed by atoms with Crippen molar-refractivity contribution in [2.45, 2.75) is 51.6 Å². The highest BCUT2D eigenvalue weighted by atomic mass is 16.5. The molecular formula is C26H34N4O3. The van der Waals surface area contributed by atoms with E-state index in [9.17, 15) is 9.59 Å². The molecule has 2 aliphatic rings. The van der Waals surface area contributed by atoms with Gasteiger partial charge in [0.2, 0.25) is 5.91 Å². The SMILES string of the molecule is Cc1cnc(C(=O)N(CCC(=O)N2CCC(Cc3ccccc3)CC2)CC2CCCO2)cn1. The van der Waals surface area contributed by atoms with Gasteiger partial charge >= 0.3 is 0 Å². The minimum absolute atomic E-state index is 0.0243. The fourth-order valence-corrected chi connectivity index (χ4v) is 4.70. The second kappa shape index (κ2) is 11.4. The second-order valence-electron chi connectivity index (χ2n) is 9.19. The van der Waals surface area contributed by atoms with Crippen LogP contribution in [-0.4, -0.2) is 70.5 Å². The maximum Gasteiger partial charge on any atom is 0.274 e. The molecular weight excluding hydrogens is 416 g/mol. The molecule has 0 N–H and O–H groups in total. The van der Waals surface area contributed by atoms with Gasteiger partial charge in [0.25, 0.3) is 5.91 Å². The molecule has 2 amide bonds. The van der Waals surface area contributed by atoms with E-state index in [4.69, 9.17) is 4.74 Å². The Morgan fingerprint density at radius 2 is 1.88 bits per heavy atom. The van der Waals surface area contributed by atoms with Crippen LogP contribution in [-0.2, 0) is 16.0 Å². The number of amides is 2. The summed E-state index contributed by atoms with van der Waals surface area (Å²) in [7, 11) is 0. The van der Waals surface area contributed by atoms with Crippen molar-refractivity contribution in [2.24, 2.45) is 5.92 Å². The smallest absolute Gasteiger partial charge is 0.274 e. The van der Waals surface area contributed by atoms with Crippen LogP contribution in [0.25, 0.3) is 0 Å². The van der Waals surface area contributed by atoms with Crippen LogP contribution in [0.5, 0.6) is 0 Å². The van der Waals surface area contributed by atoms with Gasteiger partial charge in [0.1, 0.15) is 5.69 Å². The van der Waals surface area contributed by atoms with Gasteiger partial charge < -0.3 is 14.5 Å². The molecule has 4 rings (SSSR count). The zero-order valence-electron chi connectivity index (χ0n) is 19.5. The van der Waals surface area contributed by atoms with Crippen LogP contribution in [0.15, 0.2) is 42.7 Å². The molecule has 1 unspecified atom stereocenters. The van der Waals surface area contributed by atoms with Gasteiger partial charge in [-0.15, -0.1) is 0 Å².